The second-order valence-electron chi connectivity index (χ2n) is 9.58. The molecule has 6 nitrogen and oxygen atoms in total. The van der Waals surface area contributed by atoms with Crippen LogP contribution in [-0.2, 0) is 11.3 Å². The zero-order valence-corrected chi connectivity index (χ0v) is 21.4. The van der Waals surface area contributed by atoms with Gasteiger partial charge in [-0.25, -0.2) is 0 Å². The van der Waals surface area contributed by atoms with Crippen molar-refractivity contribution in [3.05, 3.63) is 123 Å². The van der Waals surface area contributed by atoms with Crippen LogP contribution in [0.3, 0.4) is 0 Å². The zero-order valence-electron chi connectivity index (χ0n) is 21.4. The number of amides is 1. The molecule has 0 radical (unpaired) electrons. The molecule has 0 saturated carbocycles. The van der Waals surface area contributed by atoms with E-state index in [0.717, 1.165) is 27.6 Å². The van der Waals surface area contributed by atoms with Crippen LogP contribution in [-0.4, -0.2) is 16.2 Å². The fourth-order valence-electron chi connectivity index (χ4n) is 4.94. The number of benzene rings is 3. The number of aryl methyl sites for hydroxylation is 4. The van der Waals surface area contributed by atoms with Gasteiger partial charge >= 0.3 is 0 Å². The number of fused-ring (bicyclic) bond motifs is 1. The maximum absolute atomic E-state index is 13.5. The molecule has 0 saturated heterocycles. The number of nitrogens with zero attached hydrogens (tertiary/aromatic N) is 1. The van der Waals surface area contributed by atoms with E-state index in [4.69, 9.17) is 8.94 Å². The van der Waals surface area contributed by atoms with E-state index in [1.165, 1.54) is 5.56 Å². The third kappa shape index (κ3) is 4.93. The predicted molar refractivity (Wildman–Crippen MR) is 142 cm³/mol. The monoisotopic (exact) mass is 494 g/mol. The van der Waals surface area contributed by atoms with Crippen LogP contribution in [0.1, 0.15) is 62.6 Å². The summed E-state index contributed by atoms with van der Waals surface area (Å²) in [5.74, 6) is 0.520. The van der Waals surface area contributed by atoms with Gasteiger partial charge in [-0.3, -0.25) is 4.79 Å². The van der Waals surface area contributed by atoms with Crippen molar-refractivity contribution in [2.75, 3.05) is 0 Å². The van der Waals surface area contributed by atoms with E-state index >= 15 is 0 Å². The minimum Gasteiger partial charge on any atom is -0.458 e. The smallest absolute Gasteiger partial charge is 0.232 e. The van der Waals surface area contributed by atoms with Crippen molar-refractivity contribution in [3.63, 3.8) is 0 Å². The van der Waals surface area contributed by atoms with E-state index in [1.807, 2.05) is 73.7 Å². The highest BCUT2D eigenvalue weighted by Gasteiger charge is 2.25. The maximum atomic E-state index is 13.5. The minimum absolute atomic E-state index is 0.0556. The summed E-state index contributed by atoms with van der Waals surface area (Å²) in [5.41, 5.74) is 7.05. The van der Waals surface area contributed by atoms with E-state index in [2.05, 4.69) is 23.5 Å². The summed E-state index contributed by atoms with van der Waals surface area (Å²) in [6.45, 7) is 8.03. The highest BCUT2D eigenvalue weighted by Crippen LogP contribution is 2.32. The molecule has 188 valence electrons. The first-order valence-electron chi connectivity index (χ1n) is 12.3. The molecule has 0 bridgehead atoms. The van der Waals surface area contributed by atoms with Gasteiger partial charge in [0.2, 0.25) is 5.91 Å². The highest BCUT2D eigenvalue weighted by atomic mass is 16.5. The number of aromatic nitrogens is 1. The van der Waals surface area contributed by atoms with Gasteiger partial charge in [-0.15, -0.1) is 0 Å². The number of rotatable bonds is 7. The van der Waals surface area contributed by atoms with Crippen molar-refractivity contribution in [2.45, 2.75) is 46.3 Å². The molecule has 0 aliphatic carbocycles. The number of furan rings is 1. The van der Waals surface area contributed by atoms with Crippen LogP contribution in [0.4, 0.5) is 0 Å². The van der Waals surface area contributed by atoms with Gasteiger partial charge in [-0.2, -0.15) is 0 Å². The third-order valence-corrected chi connectivity index (χ3v) is 6.83. The fourth-order valence-corrected chi connectivity index (χ4v) is 4.94. The lowest BCUT2D eigenvalue weighted by molar-refractivity contribution is -0.121. The minimum atomic E-state index is -0.966. The average Bonchev–Trinajstić information content (AvgIpc) is 3.46. The molecule has 6 heteroatoms. The van der Waals surface area contributed by atoms with Crippen LogP contribution >= 0.6 is 0 Å². The summed E-state index contributed by atoms with van der Waals surface area (Å²) in [4.78, 5) is 13.5. The van der Waals surface area contributed by atoms with Gasteiger partial charge in [0.15, 0.2) is 0 Å². The number of nitrogens with one attached hydrogen (secondary N) is 1. The molecule has 37 heavy (non-hydrogen) atoms. The summed E-state index contributed by atoms with van der Waals surface area (Å²) in [7, 11) is 0. The Bertz CT molecular complexity index is 1550. The molecule has 0 fully saturated rings. The van der Waals surface area contributed by atoms with E-state index in [1.54, 1.807) is 13.8 Å². The third-order valence-electron chi connectivity index (χ3n) is 6.83. The lowest BCUT2D eigenvalue weighted by Gasteiger charge is -2.20. The standard InChI is InChI=1S/C31H30N2O4/c1-18-10-12-25(19(2)14-18)29(23-8-6-5-7-9-23)31(35)32-17-22-11-13-26-24(15-22)16-27(36-26)30(34)28-20(3)33-37-21(28)4/h5-16,29-30,34H,17H2,1-4H3,(H,32,35). The van der Waals surface area contributed by atoms with Gasteiger partial charge in [-0.05, 0) is 68.1 Å². The van der Waals surface area contributed by atoms with Gasteiger partial charge in [0.25, 0.3) is 0 Å². The Labute approximate surface area is 215 Å². The van der Waals surface area contributed by atoms with Crippen molar-refractivity contribution in [1.29, 1.82) is 0 Å². The van der Waals surface area contributed by atoms with Gasteiger partial charge < -0.3 is 19.4 Å². The molecular formula is C31H30N2O4. The zero-order chi connectivity index (χ0) is 26.1. The molecule has 5 rings (SSSR count). The quantitative estimate of drug-likeness (QED) is 0.282. The van der Waals surface area contributed by atoms with Crippen LogP contribution in [0.25, 0.3) is 11.0 Å². The Hall–Kier alpha value is -4.16. The first-order chi connectivity index (χ1) is 17.8. The highest BCUT2D eigenvalue weighted by molar-refractivity contribution is 5.87. The molecule has 0 aliphatic heterocycles. The van der Waals surface area contributed by atoms with Crippen LogP contribution in [0.5, 0.6) is 0 Å². The largest absolute Gasteiger partial charge is 0.458 e. The maximum Gasteiger partial charge on any atom is 0.232 e. The van der Waals surface area contributed by atoms with Crippen molar-refractivity contribution in [2.24, 2.45) is 0 Å². The van der Waals surface area contributed by atoms with Crippen LogP contribution in [0.15, 0.2) is 81.7 Å². The molecule has 2 aromatic heterocycles. The van der Waals surface area contributed by atoms with E-state index < -0.39 is 12.0 Å². The molecule has 1 amide bonds. The number of carbonyl (C=O) groups excluding carboxylic acids is 1. The fraction of sp³-hybridized carbons (Fsp3) is 0.226. The SMILES string of the molecule is Cc1ccc(C(C(=O)NCc2ccc3oc(C(O)c4c(C)noc4C)cc3c2)c2ccccc2)c(C)c1. The van der Waals surface area contributed by atoms with Crippen molar-refractivity contribution < 1.29 is 18.8 Å². The molecular weight excluding hydrogens is 464 g/mol. The van der Waals surface area contributed by atoms with E-state index in [-0.39, 0.29) is 5.91 Å². The second kappa shape index (κ2) is 10.1. The summed E-state index contributed by atoms with van der Waals surface area (Å²) in [6, 6.07) is 23.6. The Kier molecular flexibility index (Phi) is 6.68. The first-order valence-corrected chi connectivity index (χ1v) is 12.3. The molecule has 2 atom stereocenters. The molecule has 0 spiro atoms. The summed E-state index contributed by atoms with van der Waals surface area (Å²) in [5, 5.41) is 18.8. The summed E-state index contributed by atoms with van der Waals surface area (Å²) < 4.78 is 11.1. The van der Waals surface area contributed by atoms with Gasteiger partial charge in [0.05, 0.1) is 17.2 Å². The number of aliphatic hydroxyl groups excluding tert-OH is 1. The molecule has 2 unspecified atom stereocenters. The number of aliphatic hydroxyl groups is 1. The first kappa shape index (κ1) is 24.5. The molecule has 3 aromatic carbocycles. The normalized spacial score (nSPS) is 13.0. The van der Waals surface area contributed by atoms with Crippen molar-refractivity contribution in [3.8, 4) is 0 Å². The topological polar surface area (TPSA) is 88.5 Å². The van der Waals surface area contributed by atoms with Crippen LogP contribution in [0.2, 0.25) is 0 Å². The van der Waals surface area contributed by atoms with Crippen molar-refractivity contribution in [1.82, 2.24) is 10.5 Å². The molecule has 2 heterocycles. The summed E-state index contributed by atoms with van der Waals surface area (Å²) >= 11 is 0. The van der Waals surface area contributed by atoms with Gasteiger partial charge in [-0.1, -0.05) is 65.3 Å². The Morgan fingerprint density at radius 3 is 2.46 bits per heavy atom. The molecule has 0 aliphatic rings. The number of hydrogen-bond acceptors (Lipinski definition) is 5. The van der Waals surface area contributed by atoms with Gasteiger partial charge in [0, 0.05) is 11.9 Å². The lowest BCUT2D eigenvalue weighted by atomic mass is 9.87. The van der Waals surface area contributed by atoms with E-state index in [9.17, 15) is 9.90 Å². The average molecular weight is 495 g/mol. The van der Waals surface area contributed by atoms with Crippen molar-refractivity contribution >= 4 is 16.9 Å². The molecule has 5 aromatic rings. The Morgan fingerprint density at radius 2 is 1.76 bits per heavy atom. The number of carbonyl (C=O) groups is 1. The Balaban J connectivity index is 1.37. The summed E-state index contributed by atoms with van der Waals surface area (Å²) in [6.07, 6.45) is -0.966. The van der Waals surface area contributed by atoms with Crippen LogP contribution < -0.4 is 5.32 Å². The Morgan fingerprint density at radius 1 is 0.973 bits per heavy atom. The lowest BCUT2D eigenvalue weighted by Crippen LogP contribution is -2.30. The number of hydrogen-bond donors (Lipinski definition) is 2. The predicted octanol–water partition coefficient (Wildman–Crippen LogP) is 6.18. The van der Waals surface area contributed by atoms with Crippen LogP contribution in [0, 0.1) is 27.7 Å². The van der Waals surface area contributed by atoms with Gasteiger partial charge in [0.1, 0.15) is 23.2 Å². The molecule has 2 N–H and O–H groups in total. The van der Waals surface area contributed by atoms with E-state index in [0.29, 0.717) is 34.9 Å². The second-order valence-corrected chi connectivity index (χ2v) is 9.58.